The minimum atomic E-state index is -0.311. The third-order valence-corrected chi connectivity index (χ3v) is 9.23. The third kappa shape index (κ3) is 6.62. The molecule has 0 radical (unpaired) electrons. The van der Waals surface area contributed by atoms with E-state index in [1.54, 1.807) is 16.0 Å². The molecule has 4 amide bonds. The highest BCUT2D eigenvalue weighted by Crippen LogP contribution is 2.40. The summed E-state index contributed by atoms with van der Waals surface area (Å²) < 4.78 is 1.79. The van der Waals surface area contributed by atoms with Crippen LogP contribution in [0.25, 0.3) is 5.69 Å². The molecule has 2 bridgehead atoms. The Hall–Kier alpha value is -4.11. The van der Waals surface area contributed by atoms with Crippen molar-refractivity contribution < 1.29 is 9.59 Å². The first-order chi connectivity index (χ1) is 20.6. The number of nitrogens with one attached hydrogen (secondary N) is 3. The number of hydrogen-bond donors (Lipinski definition) is 3. The van der Waals surface area contributed by atoms with E-state index in [2.05, 4.69) is 53.8 Å². The normalized spacial score (nSPS) is 19.7. The number of carbonyl (C=O) groups excluding carboxylic acids is 2. The molecule has 2 aliphatic heterocycles. The Morgan fingerprint density at radius 3 is 2.35 bits per heavy atom. The lowest BCUT2D eigenvalue weighted by atomic mass is 9.86. The molecular formula is C34H40N6O2S. The smallest absolute Gasteiger partial charge is 0.319 e. The minimum Gasteiger partial charge on any atom is -0.319 e. The number of anilines is 3. The Morgan fingerprint density at radius 1 is 0.930 bits per heavy atom. The Labute approximate surface area is 257 Å². The Bertz CT molecular complexity index is 1570. The number of urea groups is 2. The predicted octanol–water partition coefficient (Wildman–Crippen LogP) is 8.20. The zero-order chi connectivity index (χ0) is 30.1. The van der Waals surface area contributed by atoms with E-state index in [0.29, 0.717) is 11.7 Å². The van der Waals surface area contributed by atoms with Crippen molar-refractivity contribution in [2.75, 3.05) is 16.0 Å². The van der Waals surface area contributed by atoms with Crippen molar-refractivity contribution in [1.82, 2.24) is 14.7 Å². The molecule has 3 atom stereocenters. The summed E-state index contributed by atoms with van der Waals surface area (Å²) in [5.41, 5.74) is 5.61. The second-order valence-electron chi connectivity index (χ2n) is 13.0. The second-order valence-corrected chi connectivity index (χ2v) is 13.7. The molecule has 2 aliphatic rings. The van der Waals surface area contributed by atoms with Crippen LogP contribution in [0.4, 0.5) is 26.8 Å². The van der Waals surface area contributed by atoms with Gasteiger partial charge in [-0.2, -0.15) is 16.4 Å². The lowest BCUT2D eigenvalue weighted by Gasteiger charge is -2.39. The van der Waals surface area contributed by atoms with E-state index in [4.69, 9.17) is 5.10 Å². The van der Waals surface area contributed by atoms with Crippen LogP contribution in [-0.2, 0) is 11.8 Å². The van der Waals surface area contributed by atoms with E-state index in [0.717, 1.165) is 60.4 Å². The van der Waals surface area contributed by atoms with E-state index in [-0.39, 0.29) is 29.6 Å². The molecule has 2 saturated heterocycles. The molecule has 8 nitrogen and oxygen atoms in total. The lowest BCUT2D eigenvalue weighted by molar-refractivity contribution is 0.131. The van der Waals surface area contributed by atoms with Crippen molar-refractivity contribution in [3.63, 3.8) is 0 Å². The fourth-order valence-electron chi connectivity index (χ4n) is 6.42. The molecule has 0 spiro atoms. The van der Waals surface area contributed by atoms with Crippen LogP contribution >= 0.6 is 11.3 Å². The quantitative estimate of drug-likeness (QED) is 0.210. The van der Waals surface area contributed by atoms with Crippen LogP contribution in [-0.4, -0.2) is 38.8 Å². The van der Waals surface area contributed by atoms with Gasteiger partial charge in [-0.1, -0.05) is 50.6 Å². The van der Waals surface area contributed by atoms with Crippen LogP contribution < -0.4 is 16.0 Å². The molecule has 4 heterocycles. The molecule has 224 valence electrons. The maximum atomic E-state index is 13.2. The number of thiophene rings is 1. The van der Waals surface area contributed by atoms with Gasteiger partial charge in [-0.3, -0.25) is 5.32 Å². The largest absolute Gasteiger partial charge is 0.324 e. The standard InChI is InChI=1S/C34H40N6O2S/c1-22-8-10-27(11-9-22)40-31(20-30(38-40)34(2,3)4)37-32(41)35-25-7-5-6-23(17-25)16-24-18-28-12-13-29(19-24)39(28)33(42)36-26-14-15-43-21-26/h5-11,14-15,17,20-21,24,28-29H,12-13,16,18-19H2,1-4H3,(H,36,42)(H2,35,37,41)/t24?,28-,29+. The highest BCUT2D eigenvalue weighted by molar-refractivity contribution is 7.08. The molecule has 0 saturated carbocycles. The lowest BCUT2D eigenvalue weighted by Crippen LogP contribution is -2.48. The Balaban J connectivity index is 1.09. The van der Waals surface area contributed by atoms with E-state index in [9.17, 15) is 9.59 Å². The maximum absolute atomic E-state index is 13.2. The van der Waals surface area contributed by atoms with Gasteiger partial charge >= 0.3 is 12.1 Å². The zero-order valence-corrected chi connectivity index (χ0v) is 26.1. The van der Waals surface area contributed by atoms with Crippen LogP contribution in [0.2, 0.25) is 0 Å². The molecule has 0 aliphatic carbocycles. The Morgan fingerprint density at radius 2 is 1.67 bits per heavy atom. The first-order valence-electron chi connectivity index (χ1n) is 15.1. The average Bonchev–Trinajstić information content (AvgIpc) is 3.68. The number of piperidine rings is 1. The van der Waals surface area contributed by atoms with Gasteiger partial charge in [-0.15, -0.1) is 0 Å². The van der Waals surface area contributed by atoms with Crippen molar-refractivity contribution in [2.24, 2.45) is 5.92 Å². The molecule has 2 aromatic heterocycles. The van der Waals surface area contributed by atoms with E-state index < -0.39 is 0 Å². The summed E-state index contributed by atoms with van der Waals surface area (Å²) in [5.74, 6) is 1.12. The van der Waals surface area contributed by atoms with Crippen molar-refractivity contribution in [3.05, 3.63) is 88.2 Å². The second kappa shape index (κ2) is 11.9. The highest BCUT2D eigenvalue weighted by atomic mass is 32.1. The van der Waals surface area contributed by atoms with Gasteiger partial charge in [0.15, 0.2) is 0 Å². The molecule has 9 heteroatoms. The monoisotopic (exact) mass is 596 g/mol. The van der Waals surface area contributed by atoms with Gasteiger partial charge < -0.3 is 15.5 Å². The molecule has 2 aromatic carbocycles. The van der Waals surface area contributed by atoms with Crippen LogP contribution in [0.15, 0.2) is 71.4 Å². The summed E-state index contributed by atoms with van der Waals surface area (Å²) in [6.45, 7) is 8.38. The molecule has 43 heavy (non-hydrogen) atoms. The van der Waals surface area contributed by atoms with E-state index in [1.165, 1.54) is 5.56 Å². The van der Waals surface area contributed by atoms with E-state index in [1.807, 2.05) is 66.2 Å². The van der Waals surface area contributed by atoms with Gasteiger partial charge in [0.1, 0.15) is 5.82 Å². The first kappa shape index (κ1) is 29.0. The number of hydrogen-bond acceptors (Lipinski definition) is 4. The van der Waals surface area contributed by atoms with Crippen molar-refractivity contribution in [3.8, 4) is 5.69 Å². The summed E-state index contributed by atoms with van der Waals surface area (Å²) in [5, 5.41) is 17.9. The number of nitrogens with zero attached hydrogens (tertiary/aromatic N) is 3. The number of fused-ring (bicyclic) bond motifs is 2. The summed E-state index contributed by atoms with van der Waals surface area (Å²) in [6.07, 6.45) is 5.07. The van der Waals surface area contributed by atoms with E-state index >= 15 is 0 Å². The molecule has 3 N–H and O–H groups in total. The topological polar surface area (TPSA) is 91.3 Å². The zero-order valence-electron chi connectivity index (χ0n) is 25.3. The van der Waals surface area contributed by atoms with Crippen LogP contribution in [0.1, 0.15) is 63.3 Å². The van der Waals surface area contributed by atoms with Crippen LogP contribution in [0.3, 0.4) is 0 Å². The molecule has 6 rings (SSSR count). The van der Waals surface area contributed by atoms with Gasteiger partial charge in [0, 0.05) is 34.6 Å². The minimum absolute atomic E-state index is 0.0277. The SMILES string of the molecule is Cc1ccc(-n2nc(C(C)(C)C)cc2NC(=O)Nc2cccc(CC3C[C@H]4CC[C@@H](C3)N4C(=O)Nc3ccsc3)c2)cc1. The molecule has 1 unspecified atom stereocenters. The fourth-order valence-corrected chi connectivity index (χ4v) is 7.01. The van der Waals surface area contributed by atoms with Crippen molar-refractivity contribution in [1.29, 1.82) is 0 Å². The number of benzene rings is 2. The number of amides is 4. The van der Waals surface area contributed by atoms with Crippen LogP contribution in [0, 0.1) is 12.8 Å². The summed E-state index contributed by atoms with van der Waals surface area (Å²) >= 11 is 1.59. The summed E-state index contributed by atoms with van der Waals surface area (Å²) in [7, 11) is 0. The van der Waals surface area contributed by atoms with Gasteiger partial charge in [0.05, 0.1) is 17.1 Å². The summed E-state index contributed by atoms with van der Waals surface area (Å²) in [6, 6.07) is 20.4. The Kier molecular flexibility index (Phi) is 8.01. The highest BCUT2D eigenvalue weighted by Gasteiger charge is 2.43. The molecule has 2 fully saturated rings. The predicted molar refractivity (Wildman–Crippen MR) is 174 cm³/mol. The van der Waals surface area contributed by atoms with Crippen molar-refractivity contribution in [2.45, 2.75) is 77.3 Å². The van der Waals surface area contributed by atoms with Gasteiger partial charge in [0.25, 0.3) is 0 Å². The number of aryl methyl sites for hydroxylation is 1. The third-order valence-electron chi connectivity index (χ3n) is 8.54. The average molecular weight is 597 g/mol. The van der Waals surface area contributed by atoms with Crippen molar-refractivity contribution >= 4 is 40.6 Å². The van der Waals surface area contributed by atoms with Crippen LogP contribution in [0.5, 0.6) is 0 Å². The fraction of sp³-hybridized carbons (Fsp3) is 0.382. The number of carbonyl (C=O) groups is 2. The summed E-state index contributed by atoms with van der Waals surface area (Å²) in [4.78, 5) is 28.3. The van der Waals surface area contributed by atoms with Gasteiger partial charge in [-0.25, -0.2) is 14.3 Å². The van der Waals surface area contributed by atoms with Gasteiger partial charge in [0.2, 0.25) is 0 Å². The maximum Gasteiger partial charge on any atom is 0.324 e. The first-order valence-corrected chi connectivity index (χ1v) is 16.0. The van der Waals surface area contributed by atoms with Gasteiger partial charge in [-0.05, 0) is 86.2 Å². The number of aromatic nitrogens is 2. The number of rotatable bonds is 6. The molecule has 4 aromatic rings. The molecular weight excluding hydrogens is 556 g/mol.